The van der Waals surface area contributed by atoms with E-state index in [1.54, 1.807) is 6.08 Å². The Morgan fingerprint density at radius 2 is 2.48 bits per heavy atom. The van der Waals surface area contributed by atoms with E-state index in [1.165, 1.54) is 7.11 Å². The number of nitrogens with one attached hydrogen (secondary N) is 2. The van der Waals surface area contributed by atoms with Crippen LogP contribution in [0.2, 0.25) is 0 Å². The molecule has 1 aliphatic carbocycles. The number of methoxy groups -OCH3 is 1. The molecule has 2 atom stereocenters. The molecule has 1 fully saturated rings. The van der Waals surface area contributed by atoms with Crippen LogP contribution in [-0.4, -0.2) is 50.7 Å². The lowest BCUT2D eigenvalue weighted by atomic mass is 10.00. The minimum Gasteiger partial charge on any atom is -0.496 e. The molecule has 2 unspecified atom stereocenters. The lowest BCUT2D eigenvalue weighted by Gasteiger charge is -2.24. The van der Waals surface area contributed by atoms with Crippen LogP contribution in [0.5, 0.6) is 0 Å². The number of nitrogens with two attached hydrogens (primary N) is 1. The van der Waals surface area contributed by atoms with Gasteiger partial charge in [0, 0.05) is 37.3 Å². The maximum absolute atomic E-state index is 12.2. The van der Waals surface area contributed by atoms with Crippen molar-refractivity contribution in [1.82, 2.24) is 10.6 Å². The highest BCUT2D eigenvalue weighted by molar-refractivity contribution is 6.23. The molecule has 2 aliphatic rings. The zero-order valence-corrected chi connectivity index (χ0v) is 12.9. The molecule has 0 spiro atoms. The highest BCUT2D eigenvalue weighted by Crippen LogP contribution is 2.26. The smallest absolute Gasteiger partial charge is 0.251 e. The molecule has 0 bridgehead atoms. The fourth-order valence-corrected chi connectivity index (χ4v) is 2.60. The van der Waals surface area contributed by atoms with Crippen LogP contribution in [0.3, 0.4) is 0 Å². The predicted octanol–water partition coefficient (Wildman–Crippen LogP) is 0.235. The number of carbonyl (C=O) groups excluding carboxylic acids is 1. The Labute approximate surface area is 129 Å². The number of hydrogen-bond donors (Lipinski definition) is 3. The Bertz CT molecular complexity index is 445. The van der Waals surface area contributed by atoms with Gasteiger partial charge in [0.15, 0.2) is 0 Å². The molecule has 1 heterocycles. The van der Waals surface area contributed by atoms with Gasteiger partial charge in [0.1, 0.15) is 5.76 Å². The van der Waals surface area contributed by atoms with Crippen LogP contribution in [0.4, 0.5) is 0 Å². The first-order valence-electron chi connectivity index (χ1n) is 7.09. The van der Waals surface area contributed by atoms with E-state index in [1.807, 2.05) is 0 Å². The zero-order chi connectivity index (χ0) is 15.2. The predicted molar refractivity (Wildman–Crippen MR) is 80.8 cm³/mol. The zero-order valence-electron chi connectivity index (χ0n) is 12.2. The average molecular weight is 316 g/mol. The van der Waals surface area contributed by atoms with E-state index in [-0.39, 0.29) is 17.3 Å². The molecule has 7 heteroatoms. The number of hydrogen-bond acceptors (Lipinski definition) is 5. The van der Waals surface area contributed by atoms with Crippen LogP contribution in [0, 0.1) is 0 Å². The normalized spacial score (nSPS) is 26.3. The first kappa shape index (κ1) is 16.1. The van der Waals surface area contributed by atoms with E-state index in [0.717, 1.165) is 19.6 Å². The summed E-state index contributed by atoms with van der Waals surface area (Å²) in [7, 11) is 1.52. The van der Waals surface area contributed by atoms with Gasteiger partial charge in [-0.15, -0.1) is 11.6 Å². The molecule has 4 N–H and O–H groups in total. The molecule has 1 amide bonds. The van der Waals surface area contributed by atoms with Gasteiger partial charge in [0.25, 0.3) is 5.91 Å². The topological polar surface area (TPSA) is 85.6 Å². The second kappa shape index (κ2) is 7.68. The van der Waals surface area contributed by atoms with Gasteiger partial charge >= 0.3 is 0 Å². The number of ether oxygens (including phenoxy) is 2. The largest absolute Gasteiger partial charge is 0.496 e. The molecule has 1 saturated heterocycles. The highest BCUT2D eigenvalue weighted by atomic mass is 35.5. The Kier molecular flexibility index (Phi) is 5.90. The fourth-order valence-electron chi connectivity index (χ4n) is 2.39. The second-order valence-electron chi connectivity index (χ2n) is 5.13. The number of amides is 1. The molecule has 0 aromatic heterocycles. The minimum absolute atomic E-state index is 0.155. The van der Waals surface area contributed by atoms with Crippen molar-refractivity contribution < 1.29 is 14.3 Å². The standard InChI is InChI=1S/C14H22ClN3O3/c1-20-13-7-12(16)11(15)6-10(13)14(19)18-3-2-9-8-21-5-4-17-9/h7,9,11,17H,2-6,8,16H2,1H3,(H,18,19). The number of morpholine rings is 1. The molecule has 1 aliphatic heterocycles. The van der Waals surface area contributed by atoms with Crippen LogP contribution in [0.15, 0.2) is 23.1 Å². The van der Waals surface area contributed by atoms with Crippen LogP contribution in [0.1, 0.15) is 12.8 Å². The summed E-state index contributed by atoms with van der Waals surface area (Å²) in [6.07, 6.45) is 2.82. The van der Waals surface area contributed by atoms with E-state index in [2.05, 4.69) is 10.6 Å². The number of alkyl halides is 1. The highest BCUT2D eigenvalue weighted by Gasteiger charge is 2.25. The third-order valence-electron chi connectivity index (χ3n) is 3.61. The van der Waals surface area contributed by atoms with Crippen molar-refractivity contribution >= 4 is 17.5 Å². The van der Waals surface area contributed by atoms with Gasteiger partial charge < -0.3 is 25.8 Å². The monoisotopic (exact) mass is 315 g/mol. The van der Waals surface area contributed by atoms with Crippen LogP contribution in [0.25, 0.3) is 0 Å². The quantitative estimate of drug-likeness (QED) is 0.633. The fraction of sp³-hybridized carbons (Fsp3) is 0.643. The van der Waals surface area contributed by atoms with E-state index in [0.29, 0.717) is 36.6 Å². The van der Waals surface area contributed by atoms with Gasteiger partial charge in [-0.3, -0.25) is 4.79 Å². The summed E-state index contributed by atoms with van der Waals surface area (Å²) in [6.45, 7) is 2.87. The van der Waals surface area contributed by atoms with E-state index in [4.69, 9.17) is 26.8 Å². The van der Waals surface area contributed by atoms with Gasteiger partial charge in [-0.25, -0.2) is 0 Å². The van der Waals surface area contributed by atoms with Gasteiger partial charge in [-0.2, -0.15) is 0 Å². The minimum atomic E-state index is -0.363. The number of rotatable bonds is 5. The van der Waals surface area contributed by atoms with Crippen molar-refractivity contribution in [2.24, 2.45) is 5.73 Å². The number of carbonyl (C=O) groups is 1. The van der Waals surface area contributed by atoms with Gasteiger partial charge in [0.05, 0.1) is 31.3 Å². The molecule has 0 saturated carbocycles. The third kappa shape index (κ3) is 4.36. The Morgan fingerprint density at radius 3 is 3.14 bits per heavy atom. The first-order chi connectivity index (χ1) is 10.1. The van der Waals surface area contributed by atoms with Gasteiger partial charge in [-0.1, -0.05) is 0 Å². The third-order valence-corrected chi connectivity index (χ3v) is 4.02. The Balaban J connectivity index is 1.86. The van der Waals surface area contributed by atoms with E-state index >= 15 is 0 Å². The summed E-state index contributed by atoms with van der Waals surface area (Å²) in [5.41, 5.74) is 6.83. The molecule has 2 rings (SSSR count). The molecule has 118 valence electrons. The lowest BCUT2D eigenvalue weighted by Crippen LogP contribution is -2.43. The van der Waals surface area contributed by atoms with E-state index < -0.39 is 0 Å². The maximum Gasteiger partial charge on any atom is 0.251 e. The average Bonchev–Trinajstić information content (AvgIpc) is 2.50. The van der Waals surface area contributed by atoms with E-state index in [9.17, 15) is 4.79 Å². The van der Waals surface area contributed by atoms with Gasteiger partial charge in [-0.05, 0) is 6.42 Å². The van der Waals surface area contributed by atoms with Crippen molar-refractivity contribution in [1.29, 1.82) is 0 Å². The maximum atomic E-state index is 12.2. The molecular weight excluding hydrogens is 294 g/mol. The summed E-state index contributed by atoms with van der Waals surface area (Å²) < 4.78 is 10.6. The van der Waals surface area contributed by atoms with Crippen molar-refractivity contribution in [3.63, 3.8) is 0 Å². The lowest BCUT2D eigenvalue weighted by molar-refractivity contribution is -0.117. The van der Waals surface area contributed by atoms with Crippen molar-refractivity contribution in [2.75, 3.05) is 33.4 Å². The summed E-state index contributed by atoms with van der Waals surface area (Å²) >= 11 is 6.09. The van der Waals surface area contributed by atoms with Crippen LogP contribution >= 0.6 is 11.6 Å². The molecular formula is C14H22ClN3O3. The summed E-state index contributed by atoms with van der Waals surface area (Å²) in [4.78, 5) is 12.2. The van der Waals surface area contributed by atoms with Crippen LogP contribution in [-0.2, 0) is 14.3 Å². The Hall–Kier alpha value is -1.24. The molecule has 6 nitrogen and oxygen atoms in total. The Morgan fingerprint density at radius 1 is 1.67 bits per heavy atom. The van der Waals surface area contributed by atoms with Crippen molar-refractivity contribution in [3.8, 4) is 0 Å². The van der Waals surface area contributed by atoms with Crippen LogP contribution < -0.4 is 16.4 Å². The second-order valence-corrected chi connectivity index (χ2v) is 5.66. The van der Waals surface area contributed by atoms with Gasteiger partial charge in [0.2, 0.25) is 0 Å². The summed E-state index contributed by atoms with van der Waals surface area (Å²) in [6, 6.07) is 0.289. The molecule has 0 aromatic rings. The number of allylic oxidation sites excluding steroid dienone is 2. The first-order valence-corrected chi connectivity index (χ1v) is 7.53. The number of halogens is 1. The molecule has 21 heavy (non-hydrogen) atoms. The molecule has 0 radical (unpaired) electrons. The molecule has 0 aromatic carbocycles. The van der Waals surface area contributed by atoms with Crippen molar-refractivity contribution in [2.45, 2.75) is 24.3 Å². The van der Waals surface area contributed by atoms with Crippen molar-refractivity contribution in [3.05, 3.63) is 23.1 Å². The SMILES string of the molecule is COC1=C(C(=O)NCCC2COCCN2)CC(Cl)C(N)=C1. The summed E-state index contributed by atoms with van der Waals surface area (Å²) in [5.74, 6) is 0.332. The summed E-state index contributed by atoms with van der Waals surface area (Å²) in [5, 5.41) is 5.88.